The first kappa shape index (κ1) is 101. The van der Waals surface area contributed by atoms with Gasteiger partial charge in [-0.3, -0.25) is 38.4 Å². The molecule has 40 heteroatoms. The van der Waals surface area contributed by atoms with Crippen LogP contribution < -0.4 is 52.3 Å². The Bertz CT molecular complexity index is 5480. The quantitative estimate of drug-likeness (QED) is 0.0317. The second-order valence-electron chi connectivity index (χ2n) is 34.2. The number of benzene rings is 7. The van der Waals surface area contributed by atoms with Crippen LogP contribution in [0.2, 0.25) is 20.1 Å². The van der Waals surface area contributed by atoms with Gasteiger partial charge in [0.05, 0.1) is 56.8 Å². The number of ketones is 2. The Hall–Kier alpha value is -10.4. The summed E-state index contributed by atoms with van der Waals surface area (Å²) >= 11 is 26.8. The van der Waals surface area contributed by atoms with Gasteiger partial charge in [-0.05, 0) is 164 Å². The molecule has 7 aromatic rings. The molecule has 1 unspecified atom stereocenters. The Labute approximate surface area is 777 Å². The van der Waals surface area contributed by atoms with Crippen LogP contribution in [0.5, 0.6) is 46.0 Å². The van der Waals surface area contributed by atoms with Crippen molar-refractivity contribution in [3.8, 4) is 57.1 Å². The number of ether oxygens (including phenoxy) is 8. The fourth-order valence-corrected chi connectivity index (χ4v) is 17.8. The fraction of sp³-hybridized carbons (Fsp3) is 0.446. The molecular formula is C92H105Cl4N7O29. The average Bonchev–Trinajstić information content (AvgIpc) is 0.764. The molecule has 8 aliphatic rings. The summed E-state index contributed by atoms with van der Waals surface area (Å²) < 4.78 is 51.5. The van der Waals surface area contributed by atoms with Crippen molar-refractivity contribution < 1.29 is 142 Å². The second kappa shape index (κ2) is 42.4. The molecule has 7 aromatic carbocycles. The monoisotopic (exact) mass is 1910 g/mol. The lowest BCUT2D eigenvalue weighted by Gasteiger charge is -2.46. The number of hydrogen-bond acceptors (Lipinski definition) is 29. The van der Waals surface area contributed by atoms with Crippen LogP contribution in [0.1, 0.15) is 173 Å². The van der Waals surface area contributed by atoms with E-state index in [1.54, 1.807) is 49.4 Å². The van der Waals surface area contributed by atoms with Crippen molar-refractivity contribution in [2.24, 2.45) is 29.2 Å². The number of carboxylic acid groups (broad SMARTS) is 1. The number of phenols is 3. The Morgan fingerprint density at radius 2 is 1.29 bits per heavy atom. The van der Waals surface area contributed by atoms with E-state index in [0.29, 0.717) is 34.0 Å². The van der Waals surface area contributed by atoms with Crippen LogP contribution in [0.25, 0.3) is 11.1 Å². The predicted octanol–water partition coefficient (Wildman–Crippen LogP) is 7.25. The number of fused-ring (bicyclic) bond motifs is 15. The van der Waals surface area contributed by atoms with Gasteiger partial charge >= 0.3 is 5.97 Å². The van der Waals surface area contributed by atoms with E-state index in [1.165, 1.54) is 38.1 Å². The van der Waals surface area contributed by atoms with Crippen LogP contribution >= 0.6 is 46.4 Å². The van der Waals surface area contributed by atoms with Crippen molar-refractivity contribution in [1.29, 1.82) is 0 Å². The Kier molecular flexibility index (Phi) is 32.3. The molecule has 6 amide bonds. The number of Topliss-reactive ketones (excluding diaryl/α,β-unsaturated/α-hetero) is 2. The van der Waals surface area contributed by atoms with E-state index in [2.05, 4.69) is 26.6 Å². The van der Waals surface area contributed by atoms with Gasteiger partial charge in [-0.15, -0.1) is 0 Å². The van der Waals surface area contributed by atoms with Gasteiger partial charge in [0.1, 0.15) is 102 Å². The molecule has 8 aliphatic heterocycles. The average molecular weight is 1910 g/mol. The Morgan fingerprint density at radius 3 is 1.92 bits per heavy atom. The molecule has 132 heavy (non-hydrogen) atoms. The van der Waals surface area contributed by atoms with Crippen LogP contribution in [0.3, 0.4) is 0 Å². The molecular weight excluding hydrogens is 1810 g/mol. The molecule has 36 nitrogen and oxygen atoms in total. The van der Waals surface area contributed by atoms with Gasteiger partial charge in [-0.1, -0.05) is 111 Å². The number of rotatable bonds is 22. The number of amides is 6. The van der Waals surface area contributed by atoms with E-state index in [4.69, 9.17) is 95.8 Å². The molecule has 0 aromatic heterocycles. The topological polar surface area (TPSA) is 582 Å². The van der Waals surface area contributed by atoms with Gasteiger partial charge in [0.15, 0.2) is 41.7 Å². The molecule has 710 valence electrons. The van der Waals surface area contributed by atoms with Gasteiger partial charge in [0.25, 0.3) is 5.91 Å². The summed E-state index contributed by atoms with van der Waals surface area (Å²) in [6.45, 7) is 7.44. The molecule has 15 rings (SSSR count). The number of nitrogens with one attached hydrogen (secondary N) is 5. The zero-order valence-corrected chi connectivity index (χ0v) is 74.1. The first-order valence-electron chi connectivity index (χ1n) is 42.3. The third-order valence-electron chi connectivity index (χ3n) is 24.1. The zero-order chi connectivity index (χ0) is 94.8. The molecule has 0 saturated carbocycles. The smallest absolute Gasteiger partial charge is 0.330 e. The van der Waals surface area contributed by atoms with Gasteiger partial charge in [0, 0.05) is 72.0 Å². The Balaban J connectivity index is 0.0000157. The van der Waals surface area contributed by atoms with Gasteiger partial charge in [-0.2, -0.15) is 0 Å². The van der Waals surface area contributed by atoms with Crippen molar-refractivity contribution >= 4 is 99.4 Å². The van der Waals surface area contributed by atoms with Crippen molar-refractivity contribution in [3.05, 3.63) is 186 Å². The highest BCUT2D eigenvalue weighted by molar-refractivity contribution is 6.42. The molecule has 3 saturated heterocycles. The van der Waals surface area contributed by atoms with E-state index >= 15 is 24.0 Å². The van der Waals surface area contributed by atoms with E-state index in [0.717, 1.165) is 60.2 Å². The third kappa shape index (κ3) is 22.5. The van der Waals surface area contributed by atoms with E-state index in [-0.39, 0.29) is 78.9 Å². The SMILES string of the molecule is C.CC[C@H](CC(C)C)C(=O)N[C@H]1C(=O)C[C@@H](CC(N)=O)C(=O)N[C@H]2C(=O)C[C@H]3C(=O)N[C@H](C(=O)N[C@@H](C(=O)O)c4cc(O)cc(O)c4-c4cc3ccc4O)[C@H](OC3C[C@](C)(N)[C@@H](O)[C@H](C)O3)c3ccc(c(Cl)c3)Oc3cc2cc(c3O[C@@H]2O[C@H](CO)[C@@H](O[C@@H]3O[C@H](CCCc4ccc(C(=O)NCc5ccc(Cl)c(Cl)c5)cc4)[C@H](O)[C@H](O)[C@H]3O)[C@H](O)[C@H]2O)Oc2ccc(cc2Cl)[C@H]1O. The van der Waals surface area contributed by atoms with Crippen LogP contribution in [-0.2, 0) is 75.0 Å². The van der Waals surface area contributed by atoms with Crippen molar-refractivity contribution in [2.45, 2.75) is 234 Å². The molecule has 0 aliphatic carbocycles. The van der Waals surface area contributed by atoms with Gasteiger partial charge in [0.2, 0.25) is 41.6 Å². The van der Waals surface area contributed by atoms with E-state index in [1.807, 2.05) is 13.8 Å². The number of phenolic OH excluding ortho intramolecular Hbond substituents is 3. The molecule has 21 N–H and O–H groups in total. The number of carbonyl (C=O) groups is 9. The maximum Gasteiger partial charge on any atom is 0.330 e. The highest BCUT2D eigenvalue weighted by Crippen LogP contribution is 2.51. The first-order valence-corrected chi connectivity index (χ1v) is 43.8. The summed E-state index contributed by atoms with van der Waals surface area (Å²) in [6.07, 6.45) is -29.9. The lowest BCUT2D eigenvalue weighted by molar-refractivity contribution is -0.351. The highest BCUT2D eigenvalue weighted by atomic mass is 35.5. The number of aromatic hydroxyl groups is 3. The second-order valence-corrected chi connectivity index (χ2v) is 35.8. The summed E-state index contributed by atoms with van der Waals surface area (Å²) in [4.78, 5) is 134. The normalized spacial score (nSPS) is 28.8. The number of aliphatic hydroxyl groups excluding tert-OH is 8. The number of nitrogens with two attached hydrogens (primary N) is 2. The minimum absolute atomic E-state index is 0. The number of aliphatic hydroxyl groups is 8. The number of halogens is 4. The molecule has 0 spiro atoms. The maximum atomic E-state index is 16.6. The molecule has 11 bridgehead atoms. The number of primary amides is 1. The van der Waals surface area contributed by atoms with E-state index in [9.17, 15) is 80.5 Å². The molecule has 8 heterocycles. The summed E-state index contributed by atoms with van der Waals surface area (Å²) in [7, 11) is 0. The van der Waals surface area contributed by atoms with Gasteiger partial charge < -0.3 is 137 Å². The highest BCUT2D eigenvalue weighted by Gasteiger charge is 2.53. The summed E-state index contributed by atoms with van der Waals surface area (Å²) in [5.41, 5.74) is 10.3. The van der Waals surface area contributed by atoms with Crippen LogP contribution in [0.4, 0.5) is 0 Å². The number of carboxylic acids is 1. The number of hydrogen-bond donors (Lipinski definition) is 19. The lowest BCUT2D eigenvalue weighted by Crippen LogP contribution is -2.64. The molecule has 3 fully saturated rings. The van der Waals surface area contributed by atoms with Crippen molar-refractivity contribution in [3.63, 3.8) is 0 Å². The third-order valence-corrected chi connectivity index (χ3v) is 25.5. The number of aliphatic carboxylic acids is 1. The zero-order valence-electron chi connectivity index (χ0n) is 71.1. The molecule has 23 atom stereocenters. The maximum absolute atomic E-state index is 16.6. The summed E-state index contributed by atoms with van der Waals surface area (Å²) in [5.74, 6) is -20.3. The lowest BCUT2D eigenvalue weighted by atomic mass is 9.84. The number of aryl methyl sites for hydroxylation is 1. The summed E-state index contributed by atoms with van der Waals surface area (Å²) in [5, 5.41) is 153. The van der Waals surface area contributed by atoms with Crippen LogP contribution in [-0.4, -0.2) is 218 Å². The first-order chi connectivity index (χ1) is 62.1. The standard InChI is InChI=1S/C91H101Cl4N7O29.CH4/c1-6-41(22-37(2)3)84(118)101-71-58(107)27-47(30-66(96)109)85(119)99-69-46-28-63(125-60-20-16-44(73(71)110)25-54(60)94)80(130-90-78(115)76(113)81(65(36-103)128-90)131-89-77(114)75(112)74(111)62(127-89)9-7-8-39-10-13-42(14-11-39)83(117)98-35-40-12-18-52(92)53(93)23-40)64(29-46)126-61-21-17-45(26-55(61)95)79(129-67-34-91(5,97)82(116)38(4)124-67)72-87(121)100-70(88(122)123)51-31-48(104)32-57(106)68(51)50-24-43(15-19-56(50)105)49(33-59(69)108)86(120)102-72;/h10-21,23-26,28-29,31-32,37-38,41,47,49,62,65,67,69-79,81-82,89-90,103-106,110-116H,6-9,22,27,30,33-36,97H2,1-5H3,(H2,96,109)(H,98,117)(H,99,119)(H,100,121)(H,101,118)(H,102,120)(H,122,123);1H4/t38-,41+,47-,49+,62+,65+,67?,69+,70+,71-,72-,73+,74-,75-,76+,77+,78+,79+,81+,82-,89-,90-,91-;/m0./s1. The van der Waals surface area contributed by atoms with Crippen molar-refractivity contribution in [1.82, 2.24) is 26.6 Å². The van der Waals surface area contributed by atoms with Crippen molar-refractivity contribution in [2.75, 3.05) is 6.61 Å². The van der Waals surface area contributed by atoms with Gasteiger partial charge in [-0.25, -0.2) is 4.79 Å². The van der Waals surface area contributed by atoms with Crippen LogP contribution in [0.15, 0.2) is 121 Å². The number of carbonyl (C=O) groups excluding carboxylic acids is 8. The fourth-order valence-electron chi connectivity index (χ4n) is 17.1. The minimum atomic E-state index is -2.36. The Morgan fingerprint density at radius 1 is 0.644 bits per heavy atom. The largest absolute Gasteiger partial charge is 0.508 e. The van der Waals surface area contributed by atoms with Crippen LogP contribution in [0, 0.1) is 17.8 Å². The summed E-state index contributed by atoms with van der Waals surface area (Å²) in [6, 6.07) is 17.0. The predicted molar refractivity (Wildman–Crippen MR) is 472 cm³/mol. The minimum Gasteiger partial charge on any atom is -0.508 e. The molecule has 0 radical (unpaired) electrons. The van der Waals surface area contributed by atoms with E-state index < -0.39 is 280 Å².